The first kappa shape index (κ1) is 76.8. The standard InChI is InChI=1S/C34H38N.C34H40N.C31H34N.C29H30N/c1-22-19-30-29(21-28(22)31-20-25(17-18-35(31)6)23-11-7-8-12-23)27-16-15-24-13-9-10-14-26(24)32(27)34(4,5)33(30,2)3;1-22-14-15-26-27-19-24-12-10-11-13-25(24)20-28(27)33(5,6)34(7,8)31(26)30(22)29-18-23(16-17-35(29)9)21-32(2,3)4;1-20-11-15-27-26(16-14-23-13-12-22-9-7-8-10-25(22)30(23)27)29(20)28-17-24(18-31(3,4)5)21(2)19-32(28)6;1-18(2)26-16-28(30(5)17-20(26)4)29-19(3)10-12-24-25(29)13-11-23-14-21-8-6-7-9-22(21)15-27(23)24/h9-10,13-21,23H,7-8,11-12H2,1-6H3;10-20H,21H2,1-9H3;7-13,15,17,19H,14,16,18H2,1-6H3;6-10,12,14-18H,11,13H2,1-5H3/q4*+1/i23D;21D2;2D3,18D2;4D3,18D. The highest BCUT2D eigenvalue weighted by atomic mass is 14.9. The van der Waals surface area contributed by atoms with E-state index in [4.69, 9.17) is 16.4 Å². The van der Waals surface area contributed by atoms with Gasteiger partial charge in [0.05, 0.1) is 16.7 Å². The molecule has 12 aromatic carbocycles. The van der Waals surface area contributed by atoms with Crippen molar-refractivity contribution in [3.63, 3.8) is 0 Å². The first-order valence-electron chi connectivity index (χ1n) is 54.0. The first-order valence-corrected chi connectivity index (χ1v) is 48.0. The summed E-state index contributed by atoms with van der Waals surface area (Å²) in [5, 5.41) is 10.2. The smallest absolute Gasteiger partial charge is 0.201 e. The van der Waals surface area contributed by atoms with Gasteiger partial charge in [-0.1, -0.05) is 293 Å². The minimum atomic E-state index is -2.42. The minimum absolute atomic E-state index is 0.0190. The van der Waals surface area contributed by atoms with Crippen molar-refractivity contribution in [2.75, 3.05) is 0 Å². The zero-order valence-electron chi connectivity index (χ0n) is 94.7. The molecular formula is C128H142N4+4. The fourth-order valence-corrected chi connectivity index (χ4v) is 22.6. The van der Waals surface area contributed by atoms with Crippen molar-refractivity contribution in [3.05, 3.63) is 355 Å². The largest absolute Gasteiger partial charge is 0.213 e. The molecule has 0 atom stereocenters. The molecule has 5 aliphatic rings. The second kappa shape index (κ2) is 34.4. The Morgan fingerprint density at radius 1 is 0.371 bits per heavy atom. The van der Waals surface area contributed by atoms with Crippen LogP contribution >= 0.6 is 0 Å². The lowest BCUT2D eigenvalue weighted by Crippen LogP contribution is -2.44. The van der Waals surface area contributed by atoms with Crippen molar-refractivity contribution >= 4 is 43.1 Å². The molecule has 0 radical (unpaired) electrons. The van der Waals surface area contributed by atoms with Crippen LogP contribution in [-0.2, 0) is 88.3 Å². The Hall–Kier alpha value is -11.7. The summed E-state index contributed by atoms with van der Waals surface area (Å²) in [5.41, 5.74) is 36.2. The number of hydrogen-bond donors (Lipinski definition) is 0. The van der Waals surface area contributed by atoms with E-state index in [0.717, 1.165) is 102 Å². The fourth-order valence-electron chi connectivity index (χ4n) is 22.6. The summed E-state index contributed by atoms with van der Waals surface area (Å²) in [7, 11) is 7.99. The Kier molecular flexibility index (Phi) is 20.0. The summed E-state index contributed by atoms with van der Waals surface area (Å²) in [4.78, 5) is 0. The Labute approximate surface area is 806 Å². The number of aromatic nitrogens is 4. The highest BCUT2D eigenvalue weighted by Crippen LogP contribution is 2.60. The van der Waals surface area contributed by atoms with Gasteiger partial charge in [0.2, 0.25) is 22.8 Å². The van der Waals surface area contributed by atoms with Gasteiger partial charge >= 0.3 is 0 Å². The van der Waals surface area contributed by atoms with Gasteiger partial charge < -0.3 is 0 Å². The van der Waals surface area contributed by atoms with Crippen LogP contribution in [0.3, 0.4) is 0 Å². The molecule has 4 aromatic heterocycles. The molecule has 0 amide bonds. The van der Waals surface area contributed by atoms with Crippen LogP contribution in [0.1, 0.15) is 265 Å². The minimum Gasteiger partial charge on any atom is -0.201 e. The molecule has 4 heterocycles. The van der Waals surface area contributed by atoms with Gasteiger partial charge in [0.15, 0.2) is 24.8 Å². The maximum absolute atomic E-state index is 9.12. The molecule has 1 saturated carbocycles. The average molecular weight is 1750 g/mol. The molecule has 0 spiro atoms. The van der Waals surface area contributed by atoms with Gasteiger partial charge in [0.1, 0.15) is 28.2 Å². The molecule has 21 rings (SSSR count). The lowest BCUT2D eigenvalue weighted by Gasteiger charge is -2.49. The number of fused-ring (bicyclic) bond motifs is 18. The van der Waals surface area contributed by atoms with Gasteiger partial charge in [-0.2, -0.15) is 0 Å². The molecule has 0 N–H and O–H groups in total. The summed E-state index contributed by atoms with van der Waals surface area (Å²) in [6.07, 6.45) is 12.2. The second-order valence-electron chi connectivity index (χ2n) is 43.2. The normalized spacial score (nSPS) is 17.4. The number of nitrogens with zero attached hydrogens (tertiary/aromatic N) is 4. The zero-order valence-corrected chi connectivity index (χ0v) is 82.7. The van der Waals surface area contributed by atoms with Crippen LogP contribution in [0, 0.1) is 52.2 Å². The SMILES string of the molecule is [2H]C([2H])([2H])c1c[n+](C)c(-c2c(C)ccc3c2CCc2cc4ccccc4cc2-3)cc1C([2H])(C)C.[2H]C([2H])([2H])c1c[n+](C)c(-c2c(C)ccc3c2CCc2ccc4ccccc4c2-3)cc1C([2H])([2H])C(C)(C)C.[2H]C([2H])(c1cc[n+](C)c(-c2c(C)ccc3c2C(C)(C)C(C)(C)c2cc4ccccc4cc2-3)c1)C(C)(C)C.[2H]C1(c2cc[n+](C)c(-c3cc4c(cc3C)C(C)(C)C(C)(C)c3c-4ccc4ccccc34)c2)CCCC1. The molecule has 1 fully saturated rings. The third-order valence-electron chi connectivity index (χ3n) is 30.8. The van der Waals surface area contributed by atoms with Crippen LogP contribution in [0.25, 0.3) is 133 Å². The van der Waals surface area contributed by atoms with E-state index in [2.05, 4.69) is 325 Å². The maximum Gasteiger partial charge on any atom is 0.213 e. The monoisotopic (exact) mass is 1750 g/mol. The van der Waals surface area contributed by atoms with Crippen LogP contribution in [0.5, 0.6) is 0 Å². The van der Waals surface area contributed by atoms with Crippen molar-refractivity contribution in [1.82, 2.24) is 0 Å². The number of benzene rings is 12. The summed E-state index contributed by atoms with van der Waals surface area (Å²) in [6.45, 7) is 38.1. The lowest BCUT2D eigenvalue weighted by molar-refractivity contribution is -0.661. The van der Waals surface area contributed by atoms with Gasteiger partial charge in [-0.05, 0) is 327 Å². The molecule has 0 saturated heterocycles. The topological polar surface area (TPSA) is 15.5 Å². The number of aryl methyl sites for hydroxylation is 12. The maximum atomic E-state index is 9.12. The molecule has 0 unspecified atom stereocenters. The molecule has 132 heavy (non-hydrogen) atoms. The van der Waals surface area contributed by atoms with E-state index < -0.39 is 49.1 Å². The highest BCUT2D eigenvalue weighted by Gasteiger charge is 2.50. The average Bonchev–Trinajstić information content (AvgIpc) is 0.826. The van der Waals surface area contributed by atoms with Crippen LogP contribution < -0.4 is 18.3 Å². The quantitative estimate of drug-likeness (QED) is 0.135. The van der Waals surface area contributed by atoms with E-state index in [1.54, 1.807) is 32.3 Å². The molecule has 5 aliphatic carbocycles. The van der Waals surface area contributed by atoms with Gasteiger partial charge in [0.25, 0.3) is 0 Å². The Bertz CT molecular complexity index is 7900. The van der Waals surface area contributed by atoms with E-state index in [1.165, 1.54) is 160 Å². The Morgan fingerprint density at radius 3 is 1.48 bits per heavy atom. The number of rotatable bonds is 8. The fraction of sp³-hybridized carbons (Fsp3) is 0.344. The molecular weight excluding hydrogens is 1590 g/mol. The van der Waals surface area contributed by atoms with Gasteiger partial charge in [0, 0.05) is 80.4 Å². The highest BCUT2D eigenvalue weighted by molar-refractivity contribution is 6.02. The predicted octanol–water partition coefficient (Wildman–Crippen LogP) is 31.1. The van der Waals surface area contributed by atoms with Crippen LogP contribution in [0.15, 0.2) is 255 Å². The summed E-state index contributed by atoms with van der Waals surface area (Å²) >= 11 is 0. The molecule has 670 valence electrons. The number of hydrogen-bond acceptors (Lipinski definition) is 0. The van der Waals surface area contributed by atoms with E-state index >= 15 is 0 Å². The number of pyridine rings is 4. The molecule has 0 aliphatic heterocycles. The van der Waals surface area contributed by atoms with Crippen molar-refractivity contribution < 1.29 is 34.7 Å². The van der Waals surface area contributed by atoms with Gasteiger partial charge in [-0.3, -0.25) is 0 Å². The van der Waals surface area contributed by atoms with E-state index in [1.807, 2.05) is 83.1 Å². The second-order valence-corrected chi connectivity index (χ2v) is 43.2. The van der Waals surface area contributed by atoms with Crippen molar-refractivity contribution in [2.45, 2.75) is 250 Å². The predicted molar refractivity (Wildman–Crippen MR) is 561 cm³/mol. The summed E-state index contributed by atoms with van der Waals surface area (Å²) in [5.74, 6) is -1.47. The van der Waals surface area contributed by atoms with E-state index in [-0.39, 0.29) is 38.4 Å². The third kappa shape index (κ3) is 16.3. The van der Waals surface area contributed by atoms with Gasteiger partial charge in [-0.15, -0.1) is 0 Å². The summed E-state index contributed by atoms with van der Waals surface area (Å²) < 4.78 is 111. The van der Waals surface area contributed by atoms with Gasteiger partial charge in [-0.25, -0.2) is 18.3 Å². The summed E-state index contributed by atoms with van der Waals surface area (Å²) in [6, 6.07) is 83.3. The van der Waals surface area contributed by atoms with Crippen LogP contribution in [0.2, 0.25) is 0 Å². The third-order valence-corrected chi connectivity index (χ3v) is 30.8. The lowest BCUT2D eigenvalue weighted by atomic mass is 9.54. The van der Waals surface area contributed by atoms with Crippen LogP contribution in [0.4, 0.5) is 0 Å². The first-order chi connectivity index (χ1) is 67.3. The Morgan fingerprint density at radius 2 is 0.848 bits per heavy atom. The molecule has 4 heteroatoms. The molecule has 16 aromatic rings. The zero-order chi connectivity index (χ0) is 104. The molecule has 4 nitrogen and oxygen atoms in total. The van der Waals surface area contributed by atoms with Crippen molar-refractivity contribution in [3.8, 4) is 89.5 Å². The van der Waals surface area contributed by atoms with Crippen molar-refractivity contribution in [2.24, 2.45) is 39.0 Å². The van der Waals surface area contributed by atoms with E-state index in [9.17, 15) is 0 Å². The van der Waals surface area contributed by atoms with E-state index in [0.29, 0.717) is 5.56 Å². The van der Waals surface area contributed by atoms with Crippen LogP contribution in [-0.4, -0.2) is 0 Å². The Balaban J connectivity index is 0.000000126. The van der Waals surface area contributed by atoms with Crippen molar-refractivity contribution in [1.29, 1.82) is 0 Å². The molecule has 0 bridgehead atoms.